The van der Waals surface area contributed by atoms with Crippen molar-refractivity contribution < 1.29 is 9.90 Å². The summed E-state index contributed by atoms with van der Waals surface area (Å²) in [7, 11) is 0. The van der Waals surface area contributed by atoms with Crippen molar-refractivity contribution >= 4 is 16.9 Å². The lowest BCUT2D eigenvalue weighted by molar-refractivity contribution is -0.139. The molecule has 0 bridgehead atoms. The van der Waals surface area contributed by atoms with Crippen molar-refractivity contribution in [2.75, 3.05) is 0 Å². The molecule has 2 heterocycles. The molecule has 0 spiro atoms. The minimum Gasteiger partial charge on any atom is -0.480 e. The number of aliphatic carboxylic acids is 1. The van der Waals surface area contributed by atoms with Gasteiger partial charge in [-0.3, -0.25) is 10.1 Å². The number of carbonyl (C=O) groups is 1. The van der Waals surface area contributed by atoms with Gasteiger partial charge in [0.25, 0.3) is 0 Å². The fourth-order valence-corrected chi connectivity index (χ4v) is 2.93. The first-order chi connectivity index (χ1) is 10.1. The van der Waals surface area contributed by atoms with E-state index in [0.717, 1.165) is 28.6 Å². The van der Waals surface area contributed by atoms with E-state index in [1.807, 2.05) is 0 Å². The second kappa shape index (κ2) is 5.37. The average Bonchev–Trinajstić information content (AvgIpc) is 2.83. The number of hydrogen-bond acceptors (Lipinski definition) is 2. The van der Waals surface area contributed by atoms with Gasteiger partial charge in [-0.05, 0) is 31.4 Å². The van der Waals surface area contributed by atoms with Crippen LogP contribution >= 0.6 is 0 Å². The van der Waals surface area contributed by atoms with E-state index >= 15 is 0 Å². The van der Waals surface area contributed by atoms with E-state index in [-0.39, 0.29) is 0 Å². The Morgan fingerprint density at radius 1 is 1.43 bits per heavy atom. The third-order valence-electron chi connectivity index (χ3n) is 4.08. The van der Waals surface area contributed by atoms with Crippen molar-refractivity contribution in [3.8, 4) is 0 Å². The second-order valence-corrected chi connectivity index (χ2v) is 5.88. The van der Waals surface area contributed by atoms with Crippen molar-refractivity contribution in [1.82, 2.24) is 10.3 Å². The largest absolute Gasteiger partial charge is 0.480 e. The summed E-state index contributed by atoms with van der Waals surface area (Å²) in [6.07, 6.45) is 3.65. The Morgan fingerprint density at radius 3 is 2.95 bits per heavy atom. The highest BCUT2D eigenvalue weighted by atomic mass is 16.4. The van der Waals surface area contributed by atoms with E-state index in [2.05, 4.69) is 48.4 Å². The highest BCUT2D eigenvalue weighted by Crippen LogP contribution is 2.29. The van der Waals surface area contributed by atoms with Crippen molar-refractivity contribution in [1.29, 1.82) is 0 Å². The molecule has 4 nitrogen and oxygen atoms in total. The number of carboxylic acid groups (broad SMARTS) is 1. The summed E-state index contributed by atoms with van der Waals surface area (Å²) in [4.78, 5) is 14.7. The average molecular weight is 284 g/mol. The van der Waals surface area contributed by atoms with Crippen LogP contribution in [0.2, 0.25) is 0 Å². The van der Waals surface area contributed by atoms with Crippen LogP contribution in [0.1, 0.15) is 30.7 Å². The second-order valence-electron chi connectivity index (χ2n) is 5.88. The molecule has 0 aliphatic carbocycles. The first-order valence-electron chi connectivity index (χ1n) is 7.27. The SMILES string of the molecule is CC(C)=CCc1cccc2c3c([nH]c12)CN[C@H](C(=O)O)C3. The predicted molar refractivity (Wildman–Crippen MR) is 83.4 cm³/mol. The van der Waals surface area contributed by atoms with Crippen molar-refractivity contribution in [3.63, 3.8) is 0 Å². The third-order valence-corrected chi connectivity index (χ3v) is 4.08. The molecule has 0 unspecified atom stereocenters. The molecule has 0 saturated heterocycles. The van der Waals surface area contributed by atoms with Gasteiger partial charge in [-0.15, -0.1) is 0 Å². The van der Waals surface area contributed by atoms with Crippen LogP contribution < -0.4 is 5.32 Å². The Labute approximate surface area is 123 Å². The summed E-state index contributed by atoms with van der Waals surface area (Å²) >= 11 is 0. The van der Waals surface area contributed by atoms with Crippen LogP contribution in [0.3, 0.4) is 0 Å². The zero-order chi connectivity index (χ0) is 15.0. The summed E-state index contributed by atoms with van der Waals surface area (Å²) in [5.41, 5.74) is 5.97. The van der Waals surface area contributed by atoms with Crippen LogP contribution in [-0.2, 0) is 24.2 Å². The van der Waals surface area contributed by atoms with Gasteiger partial charge in [-0.25, -0.2) is 0 Å². The number of rotatable bonds is 3. The summed E-state index contributed by atoms with van der Waals surface area (Å²) < 4.78 is 0. The molecule has 0 radical (unpaired) electrons. The van der Waals surface area contributed by atoms with Crippen LogP contribution in [-0.4, -0.2) is 22.1 Å². The number of carboxylic acids is 1. The summed E-state index contributed by atoms with van der Waals surface area (Å²) in [5.74, 6) is -0.782. The maximum absolute atomic E-state index is 11.2. The summed E-state index contributed by atoms with van der Waals surface area (Å²) in [5, 5.41) is 13.4. The molecule has 1 atom stereocenters. The molecule has 1 aliphatic heterocycles. The fourth-order valence-electron chi connectivity index (χ4n) is 2.93. The standard InChI is InChI=1S/C17H20N2O2/c1-10(2)6-7-11-4-3-5-12-13-8-14(17(20)21)18-9-15(13)19-16(11)12/h3-6,14,18-19H,7-9H2,1-2H3,(H,20,21)/t14-/m0/s1. The van der Waals surface area contributed by atoms with Crippen LogP contribution in [0.4, 0.5) is 0 Å². The van der Waals surface area contributed by atoms with Crippen LogP contribution in [0.5, 0.6) is 0 Å². The number of H-pyrrole nitrogens is 1. The number of fused-ring (bicyclic) bond motifs is 3. The van der Waals surface area contributed by atoms with Gasteiger partial charge in [0.1, 0.15) is 6.04 Å². The molecule has 3 N–H and O–H groups in total. The van der Waals surface area contributed by atoms with E-state index in [9.17, 15) is 9.90 Å². The first-order valence-corrected chi connectivity index (χ1v) is 7.27. The minimum atomic E-state index is -0.782. The van der Waals surface area contributed by atoms with Gasteiger partial charge in [0.05, 0.1) is 0 Å². The molecule has 0 fully saturated rings. The molecule has 21 heavy (non-hydrogen) atoms. The number of allylic oxidation sites excluding steroid dienone is 2. The Hall–Kier alpha value is -2.07. The van der Waals surface area contributed by atoms with Crippen molar-refractivity contribution in [2.24, 2.45) is 0 Å². The zero-order valence-electron chi connectivity index (χ0n) is 12.4. The Bertz CT molecular complexity index is 724. The van der Waals surface area contributed by atoms with E-state index in [0.29, 0.717) is 13.0 Å². The van der Waals surface area contributed by atoms with E-state index in [1.165, 1.54) is 11.1 Å². The van der Waals surface area contributed by atoms with Gasteiger partial charge < -0.3 is 10.1 Å². The molecular formula is C17H20N2O2. The monoisotopic (exact) mass is 284 g/mol. The van der Waals surface area contributed by atoms with Crippen molar-refractivity contribution in [3.05, 3.63) is 46.7 Å². The Kier molecular flexibility index (Phi) is 3.55. The third kappa shape index (κ3) is 2.59. The molecule has 0 amide bonds. The lowest BCUT2D eigenvalue weighted by Crippen LogP contribution is -2.41. The Balaban J connectivity index is 2.04. The van der Waals surface area contributed by atoms with Crippen LogP contribution in [0, 0.1) is 0 Å². The van der Waals surface area contributed by atoms with E-state index in [4.69, 9.17) is 0 Å². The predicted octanol–water partition coefficient (Wildman–Crippen LogP) is 2.78. The lowest BCUT2D eigenvalue weighted by Gasteiger charge is -2.20. The molecule has 1 aromatic carbocycles. The molecule has 4 heteroatoms. The van der Waals surface area contributed by atoms with E-state index < -0.39 is 12.0 Å². The van der Waals surface area contributed by atoms with Crippen molar-refractivity contribution in [2.45, 2.75) is 39.3 Å². The number of aromatic nitrogens is 1. The van der Waals surface area contributed by atoms with E-state index in [1.54, 1.807) is 0 Å². The molecule has 2 aromatic rings. The lowest BCUT2D eigenvalue weighted by atomic mass is 9.97. The van der Waals surface area contributed by atoms with Crippen LogP contribution in [0.25, 0.3) is 10.9 Å². The number of benzene rings is 1. The zero-order valence-corrected chi connectivity index (χ0v) is 12.4. The first kappa shape index (κ1) is 13.9. The van der Waals surface area contributed by atoms with Gasteiger partial charge >= 0.3 is 5.97 Å². The highest BCUT2D eigenvalue weighted by molar-refractivity contribution is 5.89. The summed E-state index contributed by atoms with van der Waals surface area (Å²) in [6, 6.07) is 5.78. The maximum Gasteiger partial charge on any atom is 0.321 e. The number of aromatic amines is 1. The van der Waals surface area contributed by atoms with Gasteiger partial charge in [0.15, 0.2) is 0 Å². The van der Waals surface area contributed by atoms with Gasteiger partial charge in [-0.2, -0.15) is 0 Å². The quantitative estimate of drug-likeness (QED) is 0.759. The smallest absolute Gasteiger partial charge is 0.321 e. The number of hydrogen-bond donors (Lipinski definition) is 3. The molecule has 3 rings (SSSR count). The molecule has 1 aromatic heterocycles. The molecule has 1 aliphatic rings. The Morgan fingerprint density at radius 2 is 2.24 bits per heavy atom. The van der Waals surface area contributed by atoms with Gasteiger partial charge in [0, 0.05) is 29.6 Å². The number of nitrogens with one attached hydrogen (secondary N) is 2. The normalized spacial score (nSPS) is 17.5. The minimum absolute atomic E-state index is 0.488. The molecule has 0 saturated carbocycles. The highest BCUT2D eigenvalue weighted by Gasteiger charge is 2.26. The van der Waals surface area contributed by atoms with Gasteiger partial charge in [-0.1, -0.05) is 29.8 Å². The summed E-state index contributed by atoms with van der Waals surface area (Å²) in [6.45, 7) is 4.78. The molecule has 110 valence electrons. The molecular weight excluding hydrogens is 264 g/mol. The number of para-hydroxylation sites is 1. The van der Waals surface area contributed by atoms with Gasteiger partial charge in [0.2, 0.25) is 0 Å². The fraction of sp³-hybridized carbons (Fsp3) is 0.353. The topological polar surface area (TPSA) is 65.1 Å². The van der Waals surface area contributed by atoms with Crippen LogP contribution in [0.15, 0.2) is 29.8 Å². The maximum atomic E-state index is 11.2.